The summed E-state index contributed by atoms with van der Waals surface area (Å²) in [5, 5.41) is 0. The van der Waals surface area contributed by atoms with E-state index in [0.717, 1.165) is 187 Å². The molecular formula is C96H66N6S2Zn. The first-order valence-electron chi connectivity index (χ1n) is 35.1. The normalized spacial score (nSPS) is 12.0. The van der Waals surface area contributed by atoms with Crippen LogP contribution in [0.15, 0.2) is 243 Å². The second-order valence-corrected chi connectivity index (χ2v) is 29.4. The van der Waals surface area contributed by atoms with Gasteiger partial charge in [-0.3, -0.25) is 0 Å². The van der Waals surface area contributed by atoms with Gasteiger partial charge in [-0.05, 0) is 205 Å². The zero-order valence-electron chi connectivity index (χ0n) is 58.9. The Morgan fingerprint density at radius 2 is 0.381 bits per heavy atom. The molecule has 105 heavy (non-hydrogen) atoms. The van der Waals surface area contributed by atoms with Gasteiger partial charge in [0.25, 0.3) is 0 Å². The van der Waals surface area contributed by atoms with Gasteiger partial charge in [0.1, 0.15) is 0 Å². The smallest absolute Gasteiger partial charge is 0.657 e. The second kappa shape index (κ2) is 27.6. The van der Waals surface area contributed by atoms with Crippen molar-refractivity contribution in [2.24, 2.45) is 0 Å². The Morgan fingerprint density at radius 1 is 0.210 bits per heavy atom. The summed E-state index contributed by atoms with van der Waals surface area (Å²) in [6.45, 7) is 12.8. The largest absolute Gasteiger partial charge is 2.00 e. The first-order chi connectivity index (χ1) is 50.9. The van der Waals surface area contributed by atoms with Crippen LogP contribution in [-0.4, -0.2) is 19.9 Å². The van der Waals surface area contributed by atoms with Crippen molar-refractivity contribution in [3.8, 4) is 101 Å². The van der Waals surface area contributed by atoms with E-state index in [0.29, 0.717) is 0 Å². The van der Waals surface area contributed by atoms with Crippen LogP contribution in [0.25, 0.3) is 178 Å². The van der Waals surface area contributed by atoms with Crippen molar-refractivity contribution >= 4 is 112 Å². The van der Waals surface area contributed by atoms with Gasteiger partial charge in [-0.25, -0.2) is 19.9 Å². The quantitative estimate of drug-likeness (QED) is 0.111. The molecule has 0 N–H and O–H groups in total. The van der Waals surface area contributed by atoms with E-state index in [2.05, 4.69) is 345 Å². The Bertz CT molecular complexity index is 5910. The van der Waals surface area contributed by atoms with Crippen LogP contribution in [0.5, 0.6) is 0 Å². The van der Waals surface area contributed by atoms with Crippen molar-refractivity contribution in [2.75, 3.05) is 0 Å². The summed E-state index contributed by atoms with van der Waals surface area (Å²) in [7, 11) is 0. The van der Waals surface area contributed by atoms with E-state index in [9.17, 15) is 0 Å². The van der Waals surface area contributed by atoms with E-state index < -0.39 is 0 Å². The standard InChI is InChI=1S/C96H66N6S2.Zn/c1-57-7-25-65(26-8-57)89-73-41-43-75(97-73)90(66-27-9-58(2)10-28-66)77-45-47-79(99-77)92(80-48-46-78(100-80)91(76-44-42-74(89)98-76)67-29-11-59(3)12-30-67)68-37-21-63(22-38-68)19-20-64-23-39-72(40-24-64)96-84-52-51-83(102-84)95(71-35-17-62(6)18-36-71)86-54-53-85(103-86)93(69-31-13-60(4)14-32-69)81-49-50-82(101-81)94(87-55-56-88(96)104-87)70-33-15-61(5)16-34-70;/h7-18,21-56H,1-6H3;/q-2;+2. The molecule has 18 rings (SSSR count). The van der Waals surface area contributed by atoms with Gasteiger partial charge in [0, 0.05) is 52.2 Å². The van der Waals surface area contributed by atoms with Crippen molar-refractivity contribution in [2.45, 2.75) is 41.5 Å². The molecule has 0 unspecified atom stereocenters. The van der Waals surface area contributed by atoms with Crippen LogP contribution in [0.2, 0.25) is 0 Å². The van der Waals surface area contributed by atoms with E-state index >= 15 is 0 Å². The predicted octanol–water partition coefficient (Wildman–Crippen LogP) is 24.9. The Hall–Kier alpha value is -12.0. The third-order valence-corrected chi connectivity index (χ3v) is 22.1. The molecule has 9 heteroatoms. The minimum Gasteiger partial charge on any atom is -0.657 e. The molecule has 6 aromatic heterocycles. The van der Waals surface area contributed by atoms with Crippen LogP contribution in [0.3, 0.4) is 0 Å². The third-order valence-electron chi connectivity index (χ3n) is 19.9. The van der Waals surface area contributed by atoms with Crippen LogP contribution in [-0.2, 0) is 19.5 Å². The van der Waals surface area contributed by atoms with Gasteiger partial charge in [0.15, 0.2) is 0 Å². The number of hydrogen-bond donors (Lipinski definition) is 0. The fraction of sp³-hybridized carbons (Fsp3) is 0.0625. The Labute approximate surface area is 631 Å². The van der Waals surface area contributed by atoms with Gasteiger partial charge in [0.05, 0.1) is 45.6 Å². The third kappa shape index (κ3) is 12.8. The van der Waals surface area contributed by atoms with Crippen LogP contribution < -0.4 is 9.97 Å². The molecule has 8 aromatic carbocycles. The molecule has 0 saturated heterocycles. The monoisotopic (exact) mass is 1430 g/mol. The van der Waals surface area contributed by atoms with Crippen LogP contribution in [0, 0.1) is 53.4 Å². The van der Waals surface area contributed by atoms with Gasteiger partial charge in [0.2, 0.25) is 0 Å². The summed E-state index contributed by atoms with van der Waals surface area (Å²) >= 11 is 3.56. The Morgan fingerprint density at radius 3 is 0.581 bits per heavy atom. The van der Waals surface area contributed by atoms with Gasteiger partial charge >= 0.3 is 19.5 Å². The number of benzene rings is 8. The molecule has 14 aromatic rings. The number of nitrogens with zero attached hydrogens (tertiary/aromatic N) is 6. The summed E-state index contributed by atoms with van der Waals surface area (Å²) in [5.74, 6) is 7.07. The Kier molecular flexibility index (Phi) is 17.4. The van der Waals surface area contributed by atoms with Crippen LogP contribution in [0.4, 0.5) is 0 Å². The molecule has 494 valence electrons. The fourth-order valence-corrected chi connectivity index (χ4v) is 16.7. The topological polar surface area (TPSA) is 79.8 Å². The van der Waals surface area contributed by atoms with Gasteiger partial charge < -0.3 is 9.97 Å². The second-order valence-electron chi connectivity index (χ2n) is 27.2. The van der Waals surface area contributed by atoms with Crippen LogP contribution >= 0.6 is 22.7 Å². The maximum atomic E-state index is 5.64. The van der Waals surface area contributed by atoms with Gasteiger partial charge in [-0.2, -0.15) is 0 Å². The molecule has 0 fully saturated rings. The molecular weight excluding hydrogens is 1370 g/mol. The summed E-state index contributed by atoms with van der Waals surface area (Å²) in [6.07, 6.45) is 17.3. The summed E-state index contributed by atoms with van der Waals surface area (Å²) in [5.41, 5.74) is 35.7. The fourth-order valence-electron chi connectivity index (χ4n) is 14.3. The Balaban J connectivity index is 0.00000813. The molecule has 0 radical (unpaired) electrons. The maximum absolute atomic E-state index is 5.64. The van der Waals surface area contributed by atoms with Crippen molar-refractivity contribution in [1.29, 1.82) is 0 Å². The zero-order valence-corrected chi connectivity index (χ0v) is 63.5. The van der Waals surface area contributed by atoms with Crippen LogP contribution in [0.1, 0.15) is 90.1 Å². The van der Waals surface area contributed by atoms with E-state index in [1.807, 2.05) is 0 Å². The number of thiophene rings is 2. The van der Waals surface area contributed by atoms with Crippen molar-refractivity contribution < 1.29 is 19.5 Å². The molecule has 4 aliphatic rings. The minimum atomic E-state index is 0. The molecule has 16 bridgehead atoms. The molecule has 0 saturated carbocycles. The van der Waals surface area contributed by atoms with Gasteiger partial charge in [-0.15, -0.1) is 44.7 Å². The number of fused-ring (bicyclic) bond motifs is 16. The molecule has 0 spiro atoms. The van der Waals surface area contributed by atoms with E-state index in [-0.39, 0.29) is 19.5 Å². The maximum Gasteiger partial charge on any atom is 2.00 e. The minimum absolute atomic E-state index is 0. The molecule has 6 nitrogen and oxygen atoms in total. The number of aromatic nitrogens is 6. The van der Waals surface area contributed by atoms with Crippen molar-refractivity contribution in [1.82, 2.24) is 29.9 Å². The molecule has 10 heterocycles. The van der Waals surface area contributed by atoms with Crippen molar-refractivity contribution in [3.05, 3.63) is 333 Å². The molecule has 0 amide bonds. The summed E-state index contributed by atoms with van der Waals surface area (Å²) in [4.78, 5) is 33.3. The van der Waals surface area contributed by atoms with E-state index in [1.165, 1.54) is 33.4 Å². The number of aryl methyl sites for hydroxylation is 6. The SMILES string of the molecule is Cc1ccc(-c2c3nc(c(-c4ccc(C)cc4)c4ccc([n-]4)c(-c4ccc(C#Cc5ccc(-c6c7nc(c(-c8ccc(C)cc8)c8ccc(s8)c(-c8ccc(C)cc8)c8nc(c(-c9ccc(C)cc9)c9ccc6s9)C=C8)C=C7)cc5)cc4)c4nc(c(-c5ccc(C)cc5)c5ccc2[n-]5)C=C4)C=C3)cc1.[Zn+2]. The summed E-state index contributed by atoms with van der Waals surface area (Å²) < 4.78 is 4.49. The average molecular weight is 1430 g/mol. The molecule has 0 atom stereocenters. The van der Waals surface area contributed by atoms with Gasteiger partial charge in [-0.1, -0.05) is 239 Å². The number of hydrogen-bond acceptors (Lipinski definition) is 6. The number of rotatable bonds is 8. The van der Waals surface area contributed by atoms with Crippen molar-refractivity contribution in [3.63, 3.8) is 0 Å². The molecule has 0 aliphatic carbocycles. The molecule has 4 aliphatic heterocycles. The van der Waals surface area contributed by atoms with E-state index in [4.69, 9.17) is 29.9 Å². The summed E-state index contributed by atoms with van der Waals surface area (Å²) in [6, 6.07) is 87.2. The van der Waals surface area contributed by atoms with E-state index in [1.54, 1.807) is 22.7 Å². The average Bonchev–Trinajstić information content (AvgIpc) is 1.63. The first kappa shape index (κ1) is 66.2. The first-order valence-corrected chi connectivity index (χ1v) is 36.7. The zero-order chi connectivity index (χ0) is 70.1. The predicted molar refractivity (Wildman–Crippen MR) is 441 cm³/mol.